The van der Waals surface area contributed by atoms with Crippen molar-refractivity contribution in [2.24, 2.45) is 4.99 Å². The summed E-state index contributed by atoms with van der Waals surface area (Å²) in [5.74, 6) is 1.59. The van der Waals surface area contributed by atoms with Crippen LogP contribution in [0.25, 0.3) is 0 Å². The Morgan fingerprint density at radius 3 is 2.39 bits per heavy atom. The van der Waals surface area contributed by atoms with Crippen molar-refractivity contribution < 1.29 is 13.2 Å². The number of rotatable bonds is 9. The number of hydrogen-bond acceptors (Lipinski definition) is 5. The number of nitrogens with one attached hydrogen (secondary N) is 2. The fraction of sp³-hybridized carbons (Fsp3) is 0.632. The molecule has 0 spiro atoms. The van der Waals surface area contributed by atoms with Crippen molar-refractivity contribution in [2.45, 2.75) is 25.8 Å². The van der Waals surface area contributed by atoms with Crippen molar-refractivity contribution in [3.05, 3.63) is 29.8 Å². The molecule has 0 aliphatic carbocycles. The first-order chi connectivity index (χ1) is 12.9. The maximum atomic E-state index is 11.3. The maximum Gasteiger partial charge on any atom is 0.191 e. The highest BCUT2D eigenvalue weighted by Gasteiger charge is 2.23. The summed E-state index contributed by atoms with van der Waals surface area (Å²) in [6, 6.07) is 8.36. The Kier molecular flexibility index (Phi) is 11.1. The van der Waals surface area contributed by atoms with Crippen molar-refractivity contribution in [1.82, 2.24) is 15.5 Å². The molecule has 0 saturated carbocycles. The van der Waals surface area contributed by atoms with E-state index in [9.17, 15) is 8.42 Å². The number of hydrogen-bond donors (Lipinski definition) is 2. The fourth-order valence-corrected chi connectivity index (χ4v) is 3.66. The number of aliphatic imine (C=N–C) groups is 1. The molecular weight excluding hydrogens is 491 g/mol. The van der Waals surface area contributed by atoms with E-state index in [0.29, 0.717) is 19.0 Å². The average Bonchev–Trinajstić information content (AvgIpc) is 3.15. The van der Waals surface area contributed by atoms with Gasteiger partial charge in [0.1, 0.15) is 15.6 Å². The minimum absolute atomic E-state index is 0. The first kappa shape index (κ1) is 25.0. The summed E-state index contributed by atoms with van der Waals surface area (Å²) in [7, 11) is -1.33. The lowest BCUT2D eigenvalue weighted by molar-refractivity contribution is 0.251. The molecule has 1 aromatic rings. The second-order valence-corrected chi connectivity index (χ2v) is 9.07. The lowest BCUT2D eigenvalue weighted by Gasteiger charge is -2.27. The van der Waals surface area contributed by atoms with Gasteiger partial charge in [0.25, 0.3) is 0 Å². The van der Waals surface area contributed by atoms with Gasteiger partial charge in [0.05, 0.1) is 25.4 Å². The van der Waals surface area contributed by atoms with E-state index in [4.69, 9.17) is 9.73 Å². The predicted octanol–water partition coefficient (Wildman–Crippen LogP) is 2.05. The third-order valence-electron chi connectivity index (χ3n) is 4.61. The first-order valence-electron chi connectivity index (χ1n) is 9.51. The number of likely N-dealkylation sites (tertiary alicyclic amines) is 1. The molecular formula is C19H33IN4O3S. The maximum absolute atomic E-state index is 11.3. The van der Waals surface area contributed by atoms with E-state index >= 15 is 0 Å². The monoisotopic (exact) mass is 524 g/mol. The van der Waals surface area contributed by atoms with Crippen molar-refractivity contribution >= 4 is 39.8 Å². The number of methoxy groups -OCH3 is 1. The quantitative estimate of drug-likeness (QED) is 0.293. The van der Waals surface area contributed by atoms with Gasteiger partial charge in [0, 0.05) is 19.3 Å². The van der Waals surface area contributed by atoms with Gasteiger partial charge in [-0.05, 0) is 50.6 Å². The molecule has 7 nitrogen and oxygen atoms in total. The number of halogens is 1. The second-order valence-electron chi connectivity index (χ2n) is 6.81. The van der Waals surface area contributed by atoms with Crippen molar-refractivity contribution in [1.29, 1.82) is 0 Å². The molecule has 160 valence electrons. The zero-order valence-electron chi connectivity index (χ0n) is 17.0. The van der Waals surface area contributed by atoms with Crippen LogP contribution in [0.1, 0.15) is 31.4 Å². The molecule has 1 aromatic carbocycles. The van der Waals surface area contributed by atoms with Crippen LogP contribution in [-0.4, -0.2) is 71.1 Å². The van der Waals surface area contributed by atoms with Crippen molar-refractivity contribution in [2.75, 3.05) is 51.8 Å². The summed E-state index contributed by atoms with van der Waals surface area (Å²) in [6.07, 6.45) is 3.66. The number of nitrogens with zero attached hydrogens (tertiary/aromatic N) is 2. The van der Waals surface area contributed by atoms with Gasteiger partial charge in [0.2, 0.25) is 0 Å². The minimum atomic E-state index is -2.99. The number of sulfone groups is 1. The van der Waals surface area contributed by atoms with E-state index < -0.39 is 9.84 Å². The third-order valence-corrected chi connectivity index (χ3v) is 5.56. The molecule has 0 amide bonds. The molecule has 9 heteroatoms. The molecule has 1 atom stereocenters. The normalized spacial score (nSPS) is 16.3. The minimum Gasteiger partial charge on any atom is -0.497 e. The molecule has 1 aliphatic heterocycles. The largest absolute Gasteiger partial charge is 0.497 e. The summed E-state index contributed by atoms with van der Waals surface area (Å²) in [4.78, 5) is 7.19. The van der Waals surface area contributed by atoms with Gasteiger partial charge in [-0.2, -0.15) is 0 Å². The van der Waals surface area contributed by atoms with Crippen LogP contribution in [0.4, 0.5) is 0 Å². The Bertz CT molecular complexity index is 704. The second kappa shape index (κ2) is 12.5. The Morgan fingerprint density at radius 2 is 1.86 bits per heavy atom. The average molecular weight is 524 g/mol. The summed E-state index contributed by atoms with van der Waals surface area (Å²) in [6.45, 7) is 5.83. The summed E-state index contributed by atoms with van der Waals surface area (Å²) in [5.41, 5.74) is 1.22. The molecule has 1 fully saturated rings. The number of ether oxygens (including phenoxy) is 1. The van der Waals surface area contributed by atoms with Gasteiger partial charge < -0.3 is 15.4 Å². The number of guanidine groups is 1. The molecule has 2 rings (SSSR count). The zero-order valence-corrected chi connectivity index (χ0v) is 20.1. The summed E-state index contributed by atoms with van der Waals surface area (Å²) < 4.78 is 27.9. The van der Waals surface area contributed by atoms with E-state index in [1.165, 1.54) is 24.7 Å². The van der Waals surface area contributed by atoms with Crippen LogP contribution in [0.15, 0.2) is 29.3 Å². The van der Waals surface area contributed by atoms with E-state index in [1.54, 1.807) is 7.11 Å². The van der Waals surface area contributed by atoms with E-state index in [2.05, 4.69) is 27.7 Å². The van der Waals surface area contributed by atoms with Crippen LogP contribution in [0.5, 0.6) is 5.75 Å². The van der Waals surface area contributed by atoms with Crippen LogP contribution >= 0.6 is 24.0 Å². The lowest BCUT2D eigenvalue weighted by Crippen LogP contribution is -2.40. The van der Waals surface area contributed by atoms with Crippen LogP contribution in [0.3, 0.4) is 0 Å². The van der Waals surface area contributed by atoms with Crippen LogP contribution in [0.2, 0.25) is 0 Å². The van der Waals surface area contributed by atoms with Gasteiger partial charge in [-0.1, -0.05) is 12.1 Å². The standard InChI is InChI=1S/C19H32N4O3S.HI/c1-4-20-19(21-11-14-27(3,24)25)22-15-18(23-12-5-6-13-23)16-7-9-17(26-2)10-8-16;/h7-10,18H,4-6,11-15H2,1-3H3,(H2,20,21,22);1H. The Morgan fingerprint density at radius 1 is 1.21 bits per heavy atom. The van der Waals surface area contributed by atoms with E-state index in [-0.39, 0.29) is 35.8 Å². The topological polar surface area (TPSA) is 83.0 Å². The van der Waals surface area contributed by atoms with Crippen LogP contribution in [-0.2, 0) is 9.84 Å². The first-order valence-corrected chi connectivity index (χ1v) is 11.6. The molecule has 0 bridgehead atoms. The molecule has 2 N–H and O–H groups in total. The van der Waals surface area contributed by atoms with Gasteiger partial charge >= 0.3 is 0 Å². The molecule has 1 heterocycles. The third kappa shape index (κ3) is 8.52. The van der Waals surface area contributed by atoms with Crippen molar-refractivity contribution in [3.8, 4) is 5.75 Å². The van der Waals surface area contributed by atoms with Gasteiger partial charge in [0.15, 0.2) is 5.96 Å². The van der Waals surface area contributed by atoms with Gasteiger partial charge in [-0.15, -0.1) is 24.0 Å². The summed E-state index contributed by atoms with van der Waals surface area (Å²) in [5, 5.41) is 6.30. The molecule has 1 saturated heterocycles. The zero-order chi connectivity index (χ0) is 19.7. The van der Waals surface area contributed by atoms with Gasteiger partial charge in [-0.25, -0.2) is 8.42 Å². The summed E-state index contributed by atoms with van der Waals surface area (Å²) >= 11 is 0. The highest BCUT2D eigenvalue weighted by Crippen LogP contribution is 2.27. The van der Waals surface area contributed by atoms with Gasteiger partial charge in [-0.3, -0.25) is 9.89 Å². The molecule has 1 aliphatic rings. The number of benzene rings is 1. The SMILES string of the molecule is CCNC(=NCC(c1ccc(OC)cc1)N1CCCC1)NCCS(C)(=O)=O.I. The van der Waals surface area contributed by atoms with Crippen LogP contribution < -0.4 is 15.4 Å². The predicted molar refractivity (Wildman–Crippen MR) is 126 cm³/mol. The lowest BCUT2D eigenvalue weighted by atomic mass is 10.1. The smallest absolute Gasteiger partial charge is 0.191 e. The Balaban J connectivity index is 0.00000392. The molecule has 0 radical (unpaired) electrons. The molecule has 0 aromatic heterocycles. The Hall–Kier alpha value is -1.07. The van der Waals surface area contributed by atoms with Crippen LogP contribution in [0, 0.1) is 0 Å². The Labute approximate surface area is 186 Å². The highest BCUT2D eigenvalue weighted by atomic mass is 127. The van der Waals surface area contributed by atoms with E-state index in [0.717, 1.165) is 25.4 Å². The molecule has 28 heavy (non-hydrogen) atoms. The van der Waals surface area contributed by atoms with E-state index in [1.807, 2.05) is 19.1 Å². The highest BCUT2D eigenvalue weighted by molar-refractivity contribution is 14.0. The van der Waals surface area contributed by atoms with Crippen molar-refractivity contribution in [3.63, 3.8) is 0 Å². The fourth-order valence-electron chi connectivity index (χ4n) is 3.19. The molecule has 1 unspecified atom stereocenters.